The maximum Gasteiger partial charge on any atom is 0.331 e. The average Bonchev–Trinajstić information content (AvgIpc) is 2.31. The maximum atomic E-state index is 10.7. The molecule has 1 aliphatic rings. The van der Waals surface area contributed by atoms with Gasteiger partial charge in [0.15, 0.2) is 0 Å². The lowest BCUT2D eigenvalue weighted by molar-refractivity contribution is -0.133. The van der Waals surface area contributed by atoms with Gasteiger partial charge in [0.2, 0.25) is 0 Å². The smallest absolute Gasteiger partial charge is 0.331 e. The molecule has 0 aromatic carbocycles. The van der Waals surface area contributed by atoms with Crippen molar-refractivity contribution >= 4 is 5.97 Å². The second kappa shape index (κ2) is 4.90. The predicted molar refractivity (Wildman–Crippen MR) is 59.8 cm³/mol. The highest BCUT2D eigenvalue weighted by Crippen LogP contribution is 2.12. The Hall–Kier alpha value is -1.68. The quantitative estimate of drug-likeness (QED) is 0.830. The van der Waals surface area contributed by atoms with Crippen LogP contribution >= 0.6 is 0 Å². The van der Waals surface area contributed by atoms with Crippen LogP contribution in [0, 0.1) is 0 Å². The SMILES string of the molecule is O=C(O)C1=CCN(Cc2ccccn2)CC1. The monoisotopic (exact) mass is 218 g/mol. The normalized spacial score (nSPS) is 16.9. The molecule has 0 bridgehead atoms. The summed E-state index contributed by atoms with van der Waals surface area (Å²) in [7, 11) is 0. The van der Waals surface area contributed by atoms with Crippen LogP contribution in [-0.2, 0) is 11.3 Å². The number of hydrogen-bond donors (Lipinski definition) is 1. The predicted octanol–water partition coefficient (Wildman–Crippen LogP) is 1.30. The van der Waals surface area contributed by atoms with Gasteiger partial charge >= 0.3 is 5.97 Å². The number of nitrogens with zero attached hydrogens (tertiary/aromatic N) is 2. The molecule has 0 aliphatic carbocycles. The van der Waals surface area contributed by atoms with Gasteiger partial charge in [-0.05, 0) is 18.6 Å². The van der Waals surface area contributed by atoms with Gasteiger partial charge in [0.25, 0.3) is 0 Å². The number of hydrogen-bond acceptors (Lipinski definition) is 3. The van der Waals surface area contributed by atoms with Gasteiger partial charge in [-0.3, -0.25) is 9.88 Å². The Bertz CT molecular complexity index is 401. The molecule has 84 valence electrons. The first-order valence-electron chi connectivity index (χ1n) is 5.30. The summed E-state index contributed by atoms with van der Waals surface area (Å²) < 4.78 is 0. The molecule has 1 N–H and O–H groups in total. The van der Waals surface area contributed by atoms with E-state index in [-0.39, 0.29) is 0 Å². The molecule has 1 aliphatic heterocycles. The molecule has 0 saturated carbocycles. The minimum atomic E-state index is -0.794. The zero-order chi connectivity index (χ0) is 11.4. The van der Waals surface area contributed by atoms with Gasteiger partial charge in [-0.15, -0.1) is 0 Å². The van der Waals surface area contributed by atoms with Gasteiger partial charge in [-0.1, -0.05) is 12.1 Å². The van der Waals surface area contributed by atoms with Gasteiger partial charge in [0, 0.05) is 31.4 Å². The van der Waals surface area contributed by atoms with Crippen LogP contribution < -0.4 is 0 Å². The Balaban J connectivity index is 1.93. The number of rotatable bonds is 3. The highest BCUT2D eigenvalue weighted by Gasteiger charge is 2.16. The third-order valence-electron chi connectivity index (χ3n) is 2.68. The summed E-state index contributed by atoms with van der Waals surface area (Å²) >= 11 is 0. The molecule has 0 radical (unpaired) electrons. The summed E-state index contributed by atoms with van der Waals surface area (Å²) in [5.41, 5.74) is 1.55. The largest absolute Gasteiger partial charge is 0.478 e. The highest BCUT2D eigenvalue weighted by atomic mass is 16.4. The molecule has 0 atom stereocenters. The number of carbonyl (C=O) groups is 1. The average molecular weight is 218 g/mol. The molecule has 1 aromatic heterocycles. The topological polar surface area (TPSA) is 53.4 Å². The van der Waals surface area contributed by atoms with Crippen LogP contribution in [0.4, 0.5) is 0 Å². The fourth-order valence-electron chi connectivity index (χ4n) is 1.77. The third-order valence-corrected chi connectivity index (χ3v) is 2.68. The van der Waals surface area contributed by atoms with Crippen molar-refractivity contribution in [2.75, 3.05) is 13.1 Å². The standard InChI is InChI=1S/C12H14N2O2/c15-12(16)10-4-7-14(8-5-10)9-11-3-1-2-6-13-11/h1-4,6H,5,7-9H2,(H,15,16). The van der Waals surface area contributed by atoms with E-state index in [0.29, 0.717) is 18.5 Å². The van der Waals surface area contributed by atoms with Gasteiger partial charge in [-0.2, -0.15) is 0 Å². The molecule has 16 heavy (non-hydrogen) atoms. The number of carboxylic acids is 1. The van der Waals surface area contributed by atoms with E-state index in [2.05, 4.69) is 9.88 Å². The molecule has 0 fully saturated rings. The fourth-order valence-corrected chi connectivity index (χ4v) is 1.77. The molecule has 4 nitrogen and oxygen atoms in total. The Kier molecular flexibility index (Phi) is 3.31. The molecule has 2 heterocycles. The van der Waals surface area contributed by atoms with Crippen LogP contribution in [0.1, 0.15) is 12.1 Å². The van der Waals surface area contributed by atoms with E-state index in [0.717, 1.165) is 18.8 Å². The van der Waals surface area contributed by atoms with E-state index in [1.54, 1.807) is 12.3 Å². The molecule has 0 saturated heterocycles. The number of carboxylic acid groups (broad SMARTS) is 1. The summed E-state index contributed by atoms with van der Waals surface area (Å²) in [4.78, 5) is 17.2. The molecule has 0 spiro atoms. The molecule has 0 unspecified atom stereocenters. The number of pyridine rings is 1. The Labute approximate surface area is 94.2 Å². The van der Waals surface area contributed by atoms with Crippen LogP contribution in [0.3, 0.4) is 0 Å². The lowest BCUT2D eigenvalue weighted by Crippen LogP contribution is -2.30. The third kappa shape index (κ3) is 2.67. The zero-order valence-electron chi connectivity index (χ0n) is 8.97. The van der Waals surface area contributed by atoms with Crippen LogP contribution in [0.25, 0.3) is 0 Å². The van der Waals surface area contributed by atoms with Crippen molar-refractivity contribution in [3.8, 4) is 0 Å². The first-order chi connectivity index (χ1) is 7.75. The second-order valence-electron chi connectivity index (χ2n) is 3.84. The molecule has 4 heteroatoms. The molecule has 2 rings (SSSR count). The van der Waals surface area contributed by atoms with Crippen molar-refractivity contribution in [1.82, 2.24) is 9.88 Å². The Morgan fingerprint density at radius 3 is 2.94 bits per heavy atom. The van der Waals surface area contributed by atoms with Gasteiger partial charge in [-0.25, -0.2) is 4.79 Å². The second-order valence-corrected chi connectivity index (χ2v) is 3.84. The van der Waals surface area contributed by atoms with E-state index < -0.39 is 5.97 Å². The van der Waals surface area contributed by atoms with E-state index in [1.807, 2.05) is 18.2 Å². The molecule has 0 amide bonds. The summed E-state index contributed by atoms with van der Waals surface area (Å²) in [6.07, 6.45) is 4.18. The summed E-state index contributed by atoms with van der Waals surface area (Å²) in [5.74, 6) is -0.794. The van der Waals surface area contributed by atoms with E-state index >= 15 is 0 Å². The Morgan fingerprint density at radius 1 is 1.50 bits per heavy atom. The van der Waals surface area contributed by atoms with Gasteiger partial charge in [0.05, 0.1) is 5.69 Å². The van der Waals surface area contributed by atoms with E-state index in [4.69, 9.17) is 5.11 Å². The lowest BCUT2D eigenvalue weighted by Gasteiger charge is -2.24. The highest BCUT2D eigenvalue weighted by molar-refractivity contribution is 5.86. The molecular formula is C12H14N2O2. The van der Waals surface area contributed by atoms with Crippen molar-refractivity contribution in [1.29, 1.82) is 0 Å². The van der Waals surface area contributed by atoms with Crippen LogP contribution in [0.5, 0.6) is 0 Å². The summed E-state index contributed by atoms with van der Waals surface area (Å²) in [5, 5.41) is 8.82. The first kappa shape index (κ1) is 10.8. The van der Waals surface area contributed by atoms with Crippen LogP contribution in [0.2, 0.25) is 0 Å². The minimum Gasteiger partial charge on any atom is -0.478 e. The van der Waals surface area contributed by atoms with Gasteiger partial charge < -0.3 is 5.11 Å². The maximum absolute atomic E-state index is 10.7. The van der Waals surface area contributed by atoms with Crippen molar-refractivity contribution in [3.05, 3.63) is 41.7 Å². The minimum absolute atomic E-state index is 0.525. The van der Waals surface area contributed by atoms with E-state index in [9.17, 15) is 4.79 Å². The lowest BCUT2D eigenvalue weighted by atomic mass is 10.1. The van der Waals surface area contributed by atoms with Crippen molar-refractivity contribution in [2.24, 2.45) is 0 Å². The van der Waals surface area contributed by atoms with Crippen molar-refractivity contribution in [3.63, 3.8) is 0 Å². The van der Waals surface area contributed by atoms with E-state index in [1.165, 1.54) is 0 Å². The Morgan fingerprint density at radius 2 is 2.38 bits per heavy atom. The van der Waals surface area contributed by atoms with Crippen molar-refractivity contribution in [2.45, 2.75) is 13.0 Å². The van der Waals surface area contributed by atoms with Crippen LogP contribution in [0.15, 0.2) is 36.0 Å². The summed E-state index contributed by atoms with van der Waals surface area (Å²) in [6.45, 7) is 2.26. The van der Waals surface area contributed by atoms with Crippen molar-refractivity contribution < 1.29 is 9.90 Å². The molecule has 1 aromatic rings. The van der Waals surface area contributed by atoms with Gasteiger partial charge in [0.1, 0.15) is 0 Å². The fraction of sp³-hybridized carbons (Fsp3) is 0.333. The van der Waals surface area contributed by atoms with Crippen LogP contribution in [-0.4, -0.2) is 34.0 Å². The first-order valence-corrected chi connectivity index (χ1v) is 5.30. The zero-order valence-corrected chi connectivity index (χ0v) is 8.97. The number of aliphatic carboxylic acids is 1. The number of aromatic nitrogens is 1. The summed E-state index contributed by atoms with van der Waals surface area (Å²) in [6, 6.07) is 5.84. The molecular weight excluding hydrogens is 204 g/mol.